The van der Waals surface area contributed by atoms with E-state index in [1.807, 2.05) is 0 Å². The molecule has 2 heterocycles. The number of amides is 1. The van der Waals surface area contributed by atoms with Crippen molar-refractivity contribution in [1.82, 2.24) is 14.8 Å². The maximum Gasteiger partial charge on any atom is 0.249 e. The molecule has 0 bridgehead atoms. The van der Waals surface area contributed by atoms with Crippen LogP contribution in [0.5, 0.6) is 0 Å². The first kappa shape index (κ1) is 18.1. The Balaban J connectivity index is 1.81. The average molecular weight is 391 g/mol. The monoisotopic (exact) mass is 390 g/mol. The van der Waals surface area contributed by atoms with E-state index >= 15 is 0 Å². The van der Waals surface area contributed by atoms with E-state index in [4.69, 9.17) is 23.2 Å². The van der Waals surface area contributed by atoms with Gasteiger partial charge in [0.1, 0.15) is 11.6 Å². The van der Waals surface area contributed by atoms with Gasteiger partial charge in [0.2, 0.25) is 5.91 Å². The second-order valence-corrected chi connectivity index (χ2v) is 6.26. The van der Waals surface area contributed by atoms with E-state index < -0.39 is 0 Å². The van der Waals surface area contributed by atoms with E-state index in [1.54, 1.807) is 37.3 Å². The zero-order valence-electron chi connectivity index (χ0n) is 13.6. The Kier molecular flexibility index (Phi) is 5.35. The average Bonchev–Trinajstić information content (AvgIpc) is 2.94. The number of aromatic nitrogens is 3. The molecule has 132 valence electrons. The van der Waals surface area contributed by atoms with E-state index in [-0.39, 0.29) is 11.7 Å². The van der Waals surface area contributed by atoms with Crippen LogP contribution in [0.4, 0.5) is 10.2 Å². The fraction of sp³-hybridized carbons (Fsp3) is 0.0556. The molecule has 3 rings (SSSR count). The van der Waals surface area contributed by atoms with Crippen LogP contribution in [0.1, 0.15) is 11.3 Å². The summed E-state index contributed by atoms with van der Waals surface area (Å²) in [7, 11) is 0. The van der Waals surface area contributed by atoms with Gasteiger partial charge in [0.15, 0.2) is 5.82 Å². The van der Waals surface area contributed by atoms with Gasteiger partial charge < -0.3 is 5.32 Å². The number of pyridine rings is 1. The zero-order valence-corrected chi connectivity index (χ0v) is 15.1. The summed E-state index contributed by atoms with van der Waals surface area (Å²) < 4.78 is 14.3. The second-order valence-electron chi connectivity index (χ2n) is 5.42. The number of nitrogens with zero attached hydrogens (tertiary/aromatic N) is 3. The van der Waals surface area contributed by atoms with Crippen LogP contribution in [0.2, 0.25) is 10.0 Å². The smallest absolute Gasteiger partial charge is 0.249 e. The third kappa shape index (κ3) is 4.28. The molecule has 0 saturated carbocycles. The third-order valence-electron chi connectivity index (χ3n) is 3.37. The summed E-state index contributed by atoms with van der Waals surface area (Å²) in [5, 5.41) is 7.72. The Morgan fingerprint density at radius 2 is 1.96 bits per heavy atom. The molecule has 0 saturated heterocycles. The summed E-state index contributed by atoms with van der Waals surface area (Å²) in [6.07, 6.45) is 4.37. The summed E-state index contributed by atoms with van der Waals surface area (Å²) in [5.41, 5.74) is 1.38. The van der Waals surface area contributed by atoms with Gasteiger partial charge in [-0.15, -0.1) is 0 Å². The minimum atomic E-state index is -0.374. The highest BCUT2D eigenvalue weighted by Crippen LogP contribution is 2.25. The summed E-state index contributed by atoms with van der Waals surface area (Å²) in [4.78, 5) is 16.4. The molecule has 0 spiro atoms. The number of hydrogen-bond acceptors (Lipinski definition) is 3. The molecule has 0 aliphatic rings. The van der Waals surface area contributed by atoms with Gasteiger partial charge in [-0.05, 0) is 36.8 Å². The quantitative estimate of drug-likeness (QED) is 0.658. The summed E-state index contributed by atoms with van der Waals surface area (Å²) >= 11 is 12.0. The van der Waals surface area contributed by atoms with Gasteiger partial charge in [0.05, 0.1) is 15.7 Å². The molecular weight excluding hydrogens is 378 g/mol. The normalized spacial score (nSPS) is 11.1. The van der Waals surface area contributed by atoms with Gasteiger partial charge >= 0.3 is 0 Å². The van der Waals surface area contributed by atoms with Crippen LogP contribution >= 0.6 is 23.2 Å². The lowest BCUT2D eigenvalue weighted by Crippen LogP contribution is -2.13. The lowest BCUT2D eigenvalue weighted by atomic mass is 10.2. The van der Waals surface area contributed by atoms with E-state index in [9.17, 15) is 9.18 Å². The lowest BCUT2D eigenvalue weighted by molar-refractivity contribution is -0.111. The highest BCUT2D eigenvalue weighted by molar-refractivity contribution is 6.35. The number of anilines is 1. The summed E-state index contributed by atoms with van der Waals surface area (Å²) in [5.74, 6) is 0.0499. The van der Waals surface area contributed by atoms with Crippen LogP contribution in [-0.4, -0.2) is 20.7 Å². The molecule has 0 aliphatic heterocycles. The maximum absolute atomic E-state index is 12.9. The number of benzene rings is 1. The van der Waals surface area contributed by atoms with Crippen molar-refractivity contribution in [3.63, 3.8) is 0 Å². The number of aryl methyl sites for hydroxylation is 1. The predicted octanol–water partition coefficient (Wildman–Crippen LogP) is 4.67. The van der Waals surface area contributed by atoms with E-state index in [1.165, 1.54) is 29.1 Å². The maximum atomic E-state index is 12.9. The van der Waals surface area contributed by atoms with Crippen molar-refractivity contribution in [2.75, 3.05) is 5.32 Å². The van der Waals surface area contributed by atoms with Crippen molar-refractivity contribution in [1.29, 1.82) is 0 Å². The van der Waals surface area contributed by atoms with Crippen LogP contribution in [0.3, 0.4) is 0 Å². The van der Waals surface area contributed by atoms with Gasteiger partial charge in [-0.2, -0.15) is 9.78 Å². The Hall–Kier alpha value is -2.70. The second kappa shape index (κ2) is 7.68. The molecule has 8 heteroatoms. The van der Waals surface area contributed by atoms with Crippen LogP contribution < -0.4 is 5.32 Å². The Morgan fingerprint density at radius 1 is 1.23 bits per heavy atom. The first-order chi connectivity index (χ1) is 12.4. The number of rotatable bonds is 4. The fourth-order valence-corrected chi connectivity index (χ4v) is 2.69. The number of carbonyl (C=O) groups is 1. The lowest BCUT2D eigenvalue weighted by Gasteiger charge is -2.08. The molecule has 0 unspecified atom stereocenters. The number of carbonyl (C=O) groups excluding carboxylic acids is 1. The highest BCUT2D eigenvalue weighted by atomic mass is 35.5. The van der Waals surface area contributed by atoms with Crippen molar-refractivity contribution in [3.8, 4) is 5.82 Å². The molecule has 0 atom stereocenters. The first-order valence-corrected chi connectivity index (χ1v) is 8.31. The minimum absolute atomic E-state index is 0.304. The van der Waals surface area contributed by atoms with Crippen LogP contribution in [0.15, 0.2) is 48.7 Å². The van der Waals surface area contributed by atoms with Crippen molar-refractivity contribution in [3.05, 3.63) is 75.8 Å². The number of nitrogens with one attached hydrogen (secondary N) is 1. The largest absolute Gasteiger partial charge is 0.307 e. The molecule has 0 radical (unpaired) electrons. The van der Waals surface area contributed by atoms with Gasteiger partial charge in [0.25, 0.3) is 0 Å². The SMILES string of the molecule is Cc1cc(NC(=O)/C=C/c2ccc(F)cc2)n(-c2ncc(Cl)cc2Cl)n1. The fourth-order valence-electron chi connectivity index (χ4n) is 2.23. The molecule has 3 aromatic rings. The molecule has 5 nitrogen and oxygen atoms in total. The Labute approximate surface area is 159 Å². The number of hydrogen-bond donors (Lipinski definition) is 1. The number of halogens is 3. The molecule has 2 aromatic heterocycles. The van der Waals surface area contributed by atoms with Crippen LogP contribution in [0, 0.1) is 12.7 Å². The Morgan fingerprint density at radius 3 is 2.65 bits per heavy atom. The standard InChI is InChI=1S/C18H13Cl2FN4O/c1-11-8-16(25(24-11)18-15(20)9-13(19)10-22-18)23-17(26)7-4-12-2-5-14(21)6-3-12/h2-10H,1H3,(H,23,26)/b7-4+. The topological polar surface area (TPSA) is 59.8 Å². The van der Waals surface area contributed by atoms with Crippen molar-refractivity contribution < 1.29 is 9.18 Å². The molecule has 1 amide bonds. The Bertz CT molecular complexity index is 983. The summed E-state index contributed by atoms with van der Waals surface area (Å²) in [6, 6.07) is 9.03. The van der Waals surface area contributed by atoms with Gasteiger partial charge in [-0.3, -0.25) is 4.79 Å². The van der Waals surface area contributed by atoms with E-state index in [0.29, 0.717) is 32.9 Å². The first-order valence-electron chi connectivity index (χ1n) is 7.55. The predicted molar refractivity (Wildman–Crippen MR) is 100 cm³/mol. The van der Waals surface area contributed by atoms with Crippen molar-refractivity contribution >= 4 is 41.0 Å². The highest BCUT2D eigenvalue weighted by Gasteiger charge is 2.14. The van der Waals surface area contributed by atoms with Gasteiger partial charge in [-0.25, -0.2) is 9.37 Å². The molecule has 0 fully saturated rings. The molecule has 0 aliphatic carbocycles. The van der Waals surface area contributed by atoms with Crippen LogP contribution in [-0.2, 0) is 4.79 Å². The third-order valence-corrected chi connectivity index (χ3v) is 3.85. The molecule has 26 heavy (non-hydrogen) atoms. The summed E-state index contributed by atoms with van der Waals surface area (Å²) in [6.45, 7) is 1.78. The molecule has 1 aromatic carbocycles. The van der Waals surface area contributed by atoms with Crippen molar-refractivity contribution in [2.24, 2.45) is 0 Å². The van der Waals surface area contributed by atoms with Gasteiger partial charge in [0, 0.05) is 18.3 Å². The van der Waals surface area contributed by atoms with E-state index in [0.717, 1.165) is 0 Å². The zero-order chi connectivity index (χ0) is 18.7. The van der Waals surface area contributed by atoms with Crippen LogP contribution in [0.25, 0.3) is 11.9 Å². The van der Waals surface area contributed by atoms with Gasteiger partial charge in [-0.1, -0.05) is 35.3 Å². The van der Waals surface area contributed by atoms with E-state index in [2.05, 4.69) is 15.4 Å². The van der Waals surface area contributed by atoms with Crippen molar-refractivity contribution in [2.45, 2.75) is 6.92 Å². The molecular formula is C18H13Cl2FN4O. The minimum Gasteiger partial charge on any atom is -0.307 e. The molecule has 1 N–H and O–H groups in total.